The Balaban J connectivity index is 3.01. The van der Waals surface area contributed by atoms with Crippen molar-refractivity contribution in [3.63, 3.8) is 0 Å². The molecular weight excluding hydrogens is 218 g/mol. The van der Waals surface area contributed by atoms with E-state index in [4.69, 9.17) is 0 Å². The summed E-state index contributed by atoms with van der Waals surface area (Å²) in [6, 6.07) is 0.0463. The Labute approximate surface area is 72.8 Å². The highest BCUT2D eigenvalue weighted by molar-refractivity contribution is 7.09. The van der Waals surface area contributed by atoms with Crippen LogP contribution in [-0.4, -0.2) is 0 Å². The second-order valence-corrected chi connectivity index (χ2v) is 2.97. The van der Waals surface area contributed by atoms with Gasteiger partial charge in [-0.1, -0.05) is 0 Å². The minimum atomic E-state index is -4.76. The molecule has 0 aromatic carbocycles. The van der Waals surface area contributed by atoms with Gasteiger partial charge in [0, 0.05) is 0 Å². The van der Waals surface area contributed by atoms with Crippen LogP contribution in [0.5, 0.6) is 0 Å². The third-order valence-electron chi connectivity index (χ3n) is 1.13. The molecule has 0 bridgehead atoms. The van der Waals surface area contributed by atoms with Crippen molar-refractivity contribution in [2.45, 2.75) is 12.4 Å². The van der Waals surface area contributed by atoms with Gasteiger partial charge >= 0.3 is 12.4 Å². The smallest absolute Gasteiger partial charge is 0.166 e. The molecule has 1 aromatic heterocycles. The highest BCUT2D eigenvalue weighted by atomic mass is 32.1. The second kappa shape index (κ2) is 2.90. The molecule has 0 amide bonds. The van der Waals surface area contributed by atoms with Gasteiger partial charge in [0.15, 0.2) is 0 Å². The van der Waals surface area contributed by atoms with Crippen LogP contribution in [-0.2, 0) is 12.4 Å². The van der Waals surface area contributed by atoms with Gasteiger partial charge in [-0.25, -0.2) is 0 Å². The van der Waals surface area contributed by atoms with Gasteiger partial charge in [0.2, 0.25) is 0 Å². The molecule has 0 nitrogen and oxygen atoms in total. The molecule has 0 saturated carbocycles. The zero-order valence-electron chi connectivity index (χ0n) is 5.75. The summed E-state index contributed by atoms with van der Waals surface area (Å²) in [6.45, 7) is 0. The van der Waals surface area contributed by atoms with E-state index in [1.807, 2.05) is 0 Å². The Morgan fingerprint density at radius 1 is 1.00 bits per heavy atom. The molecular formula is C6HF6S. The quantitative estimate of drug-likeness (QED) is 0.585. The summed E-state index contributed by atoms with van der Waals surface area (Å²) in [5.74, 6) is 0. The Bertz CT molecular complexity index is 264. The number of halogens is 6. The van der Waals surface area contributed by atoms with Crippen molar-refractivity contribution in [2.24, 2.45) is 0 Å². The van der Waals surface area contributed by atoms with Gasteiger partial charge < -0.3 is 0 Å². The lowest BCUT2D eigenvalue weighted by Crippen LogP contribution is -2.04. The molecule has 13 heavy (non-hydrogen) atoms. The third kappa shape index (κ3) is 2.36. The summed E-state index contributed by atoms with van der Waals surface area (Å²) >= 11 is -0.0866. The van der Waals surface area contributed by atoms with Gasteiger partial charge in [-0.2, -0.15) is 26.3 Å². The Morgan fingerprint density at radius 3 is 1.77 bits per heavy atom. The number of hydrogen-bond donors (Lipinski definition) is 0. The topological polar surface area (TPSA) is 0 Å². The molecule has 0 N–H and O–H groups in total. The van der Waals surface area contributed by atoms with Crippen LogP contribution < -0.4 is 0 Å². The molecule has 0 fully saturated rings. The maximum absolute atomic E-state index is 11.8. The van der Waals surface area contributed by atoms with E-state index in [9.17, 15) is 26.3 Å². The van der Waals surface area contributed by atoms with Crippen LogP contribution in [0.1, 0.15) is 10.4 Å². The molecule has 1 aromatic rings. The Morgan fingerprint density at radius 2 is 1.54 bits per heavy atom. The van der Waals surface area contributed by atoms with E-state index in [0.29, 0.717) is 0 Å². The SMILES string of the molecule is FC(F)(F)c1[c]sc(C(F)(F)F)c1. The molecule has 1 radical (unpaired) electrons. The summed E-state index contributed by atoms with van der Waals surface area (Å²) in [4.78, 5) is -1.29. The highest BCUT2D eigenvalue weighted by Gasteiger charge is 2.38. The number of rotatable bonds is 0. The maximum atomic E-state index is 11.8. The first-order chi connectivity index (χ1) is 5.71. The van der Waals surface area contributed by atoms with Crippen LogP contribution in [0.3, 0.4) is 0 Å². The van der Waals surface area contributed by atoms with Crippen molar-refractivity contribution < 1.29 is 26.3 Å². The van der Waals surface area contributed by atoms with Gasteiger partial charge in [-0.15, -0.1) is 11.3 Å². The summed E-state index contributed by atoms with van der Waals surface area (Å²) in [7, 11) is 0. The molecule has 1 rings (SSSR count). The number of thiophene rings is 1. The van der Waals surface area contributed by atoms with E-state index in [0.717, 1.165) is 0 Å². The van der Waals surface area contributed by atoms with Gasteiger partial charge in [0.1, 0.15) is 4.88 Å². The average Bonchev–Trinajstić information content (AvgIpc) is 2.28. The molecule has 0 aliphatic rings. The van der Waals surface area contributed by atoms with E-state index >= 15 is 0 Å². The maximum Gasteiger partial charge on any atom is 0.425 e. The third-order valence-corrected chi connectivity index (χ3v) is 2.02. The van der Waals surface area contributed by atoms with Crippen LogP contribution in [0.15, 0.2) is 6.07 Å². The summed E-state index contributed by atoms with van der Waals surface area (Å²) in [6.07, 6.45) is -9.50. The molecule has 0 spiro atoms. The van der Waals surface area contributed by atoms with Crippen LogP contribution in [0.4, 0.5) is 26.3 Å². The van der Waals surface area contributed by atoms with E-state index < -0.39 is 22.8 Å². The van der Waals surface area contributed by atoms with Crippen molar-refractivity contribution >= 4 is 11.3 Å². The van der Waals surface area contributed by atoms with E-state index in [-0.39, 0.29) is 17.4 Å². The predicted octanol–water partition coefficient (Wildman–Crippen LogP) is 3.59. The standard InChI is InChI=1S/C6HF6S/c7-5(8,9)3-1-4(13-2-3)6(10,11)12/h1H. The van der Waals surface area contributed by atoms with Crippen LogP contribution in [0, 0.1) is 5.38 Å². The summed E-state index contributed by atoms with van der Waals surface area (Å²) < 4.78 is 70.8. The molecule has 0 aliphatic heterocycles. The van der Waals surface area contributed by atoms with Gasteiger partial charge in [-0.3, -0.25) is 0 Å². The molecule has 73 valence electrons. The van der Waals surface area contributed by atoms with Crippen molar-refractivity contribution in [1.29, 1.82) is 0 Å². The monoisotopic (exact) mass is 219 g/mol. The van der Waals surface area contributed by atoms with E-state index in [2.05, 4.69) is 0 Å². The zero-order chi connectivity index (χ0) is 10.3. The van der Waals surface area contributed by atoms with Crippen molar-refractivity contribution in [3.05, 3.63) is 21.9 Å². The van der Waals surface area contributed by atoms with Gasteiger partial charge in [0.25, 0.3) is 0 Å². The lowest BCUT2D eigenvalue weighted by molar-refractivity contribution is -0.140. The number of hydrogen-bond acceptors (Lipinski definition) is 1. The fraction of sp³-hybridized carbons (Fsp3) is 0.333. The second-order valence-electron chi connectivity index (χ2n) is 2.12. The van der Waals surface area contributed by atoms with Crippen LogP contribution >= 0.6 is 11.3 Å². The first kappa shape index (κ1) is 10.4. The summed E-state index contributed by atoms with van der Waals surface area (Å²) in [5.41, 5.74) is -1.38. The van der Waals surface area contributed by atoms with Crippen LogP contribution in [0.2, 0.25) is 0 Å². The Hall–Kier alpha value is -0.720. The van der Waals surface area contributed by atoms with Crippen molar-refractivity contribution in [2.75, 3.05) is 0 Å². The molecule has 1 heterocycles. The van der Waals surface area contributed by atoms with Gasteiger partial charge in [0.05, 0.1) is 10.9 Å². The zero-order valence-corrected chi connectivity index (χ0v) is 6.57. The first-order valence-corrected chi connectivity index (χ1v) is 3.69. The molecule has 0 unspecified atom stereocenters. The summed E-state index contributed by atoms with van der Waals surface area (Å²) in [5, 5.41) is 1.55. The van der Waals surface area contributed by atoms with E-state index in [1.165, 1.54) is 0 Å². The number of alkyl halides is 6. The first-order valence-electron chi connectivity index (χ1n) is 2.87. The largest absolute Gasteiger partial charge is 0.425 e. The van der Waals surface area contributed by atoms with Crippen molar-refractivity contribution in [1.82, 2.24) is 0 Å². The fourth-order valence-corrected chi connectivity index (χ4v) is 1.27. The Kier molecular flexibility index (Phi) is 2.31. The average molecular weight is 219 g/mol. The molecule has 0 saturated heterocycles. The minimum Gasteiger partial charge on any atom is -0.166 e. The molecule has 0 atom stereocenters. The fourth-order valence-electron chi connectivity index (χ4n) is 0.579. The normalized spacial score (nSPS) is 13.4. The minimum absolute atomic E-state index is 0.0463. The lowest BCUT2D eigenvalue weighted by Gasteiger charge is -2.02. The molecule has 7 heteroatoms. The predicted molar refractivity (Wildman–Crippen MR) is 33.2 cm³/mol. The highest BCUT2D eigenvalue weighted by Crippen LogP contribution is 2.38. The van der Waals surface area contributed by atoms with Crippen molar-refractivity contribution in [3.8, 4) is 0 Å². The van der Waals surface area contributed by atoms with E-state index in [1.54, 1.807) is 5.38 Å². The molecule has 0 aliphatic carbocycles. The lowest BCUT2D eigenvalue weighted by atomic mass is 10.3. The van der Waals surface area contributed by atoms with Gasteiger partial charge in [-0.05, 0) is 6.07 Å². The van der Waals surface area contributed by atoms with Crippen LogP contribution in [0.25, 0.3) is 0 Å².